The van der Waals surface area contributed by atoms with Gasteiger partial charge in [-0.25, -0.2) is 19.9 Å². The number of rotatable bonds is 6. The molecule has 9 nitrogen and oxygen atoms in total. The van der Waals surface area contributed by atoms with E-state index in [1.807, 2.05) is 6.07 Å². The molecule has 1 saturated carbocycles. The van der Waals surface area contributed by atoms with Gasteiger partial charge in [-0.2, -0.15) is 0 Å². The van der Waals surface area contributed by atoms with Crippen LogP contribution in [0.3, 0.4) is 0 Å². The van der Waals surface area contributed by atoms with Crippen LogP contribution in [0.5, 0.6) is 11.6 Å². The molecule has 2 aromatic heterocycles. The molecule has 2 aliphatic rings. The number of nitrogens with one attached hydrogen (secondary N) is 1. The van der Waals surface area contributed by atoms with E-state index < -0.39 is 0 Å². The Morgan fingerprint density at radius 2 is 1.75 bits per heavy atom. The van der Waals surface area contributed by atoms with Crippen molar-refractivity contribution in [1.29, 1.82) is 0 Å². The number of ether oxygens (including phenoxy) is 3. The maximum atomic E-state index is 6.19. The van der Waals surface area contributed by atoms with E-state index >= 15 is 0 Å². The van der Waals surface area contributed by atoms with Crippen LogP contribution in [0.1, 0.15) is 25.7 Å². The van der Waals surface area contributed by atoms with Crippen molar-refractivity contribution in [1.82, 2.24) is 19.9 Å². The lowest BCUT2D eigenvalue weighted by atomic mass is 9.93. The van der Waals surface area contributed by atoms with Crippen LogP contribution in [0.15, 0.2) is 36.8 Å². The average Bonchev–Trinajstić information content (AvgIpc) is 2.86. The first-order chi connectivity index (χ1) is 15.8. The van der Waals surface area contributed by atoms with Gasteiger partial charge in [-0.15, -0.1) is 0 Å². The molecule has 1 saturated heterocycles. The molecular formula is C23H28N6O3. The second-order valence-corrected chi connectivity index (χ2v) is 8.16. The lowest BCUT2D eigenvalue weighted by molar-refractivity contribution is 0.122. The molecule has 0 unspecified atom stereocenters. The molecule has 3 heterocycles. The Bertz CT molecular complexity index is 1030. The first-order valence-corrected chi connectivity index (χ1v) is 11.2. The number of anilines is 2. The molecule has 0 atom stereocenters. The van der Waals surface area contributed by atoms with Crippen molar-refractivity contribution in [3.8, 4) is 11.6 Å². The Hall–Kier alpha value is -3.20. The Balaban J connectivity index is 1.18. The van der Waals surface area contributed by atoms with E-state index in [1.54, 1.807) is 25.7 Å². The molecule has 0 radical (unpaired) electrons. The Morgan fingerprint density at radius 3 is 2.50 bits per heavy atom. The quantitative estimate of drug-likeness (QED) is 0.625. The zero-order valence-electron chi connectivity index (χ0n) is 18.2. The molecule has 2 fully saturated rings. The summed E-state index contributed by atoms with van der Waals surface area (Å²) in [6, 6.07) is 6.55. The largest absolute Gasteiger partial charge is 0.494 e. The number of benzene rings is 1. The lowest BCUT2D eigenvalue weighted by Crippen LogP contribution is -2.36. The molecule has 1 N–H and O–H groups in total. The fraction of sp³-hybridized carbons (Fsp3) is 0.478. The summed E-state index contributed by atoms with van der Waals surface area (Å²) in [4.78, 5) is 20.2. The Labute approximate surface area is 187 Å². The summed E-state index contributed by atoms with van der Waals surface area (Å²) >= 11 is 0. The van der Waals surface area contributed by atoms with Gasteiger partial charge in [-0.05, 0) is 43.9 Å². The highest BCUT2D eigenvalue weighted by atomic mass is 16.5. The van der Waals surface area contributed by atoms with Crippen LogP contribution in [-0.4, -0.2) is 65.5 Å². The fourth-order valence-corrected chi connectivity index (χ4v) is 4.23. The second kappa shape index (κ2) is 9.52. The van der Waals surface area contributed by atoms with E-state index in [1.165, 1.54) is 0 Å². The summed E-state index contributed by atoms with van der Waals surface area (Å²) < 4.78 is 16.8. The third-order valence-corrected chi connectivity index (χ3v) is 6.04. The number of hydrogen-bond acceptors (Lipinski definition) is 9. The van der Waals surface area contributed by atoms with Crippen molar-refractivity contribution in [3.05, 3.63) is 36.8 Å². The number of morpholine rings is 1. The van der Waals surface area contributed by atoms with Crippen molar-refractivity contribution in [3.63, 3.8) is 0 Å². The van der Waals surface area contributed by atoms with Gasteiger partial charge in [0.25, 0.3) is 0 Å². The summed E-state index contributed by atoms with van der Waals surface area (Å²) in [5, 5.41) is 3.40. The smallest absolute Gasteiger partial charge is 0.233 e. The summed E-state index contributed by atoms with van der Waals surface area (Å²) in [7, 11) is 1.61. The third kappa shape index (κ3) is 4.83. The van der Waals surface area contributed by atoms with Crippen LogP contribution in [0, 0.1) is 0 Å². The van der Waals surface area contributed by atoms with Crippen LogP contribution in [0.25, 0.3) is 11.0 Å². The zero-order chi connectivity index (χ0) is 21.8. The second-order valence-electron chi connectivity index (χ2n) is 8.16. The maximum absolute atomic E-state index is 6.19. The first kappa shape index (κ1) is 20.7. The van der Waals surface area contributed by atoms with Gasteiger partial charge in [0.2, 0.25) is 11.8 Å². The molecule has 1 aliphatic carbocycles. The van der Waals surface area contributed by atoms with Gasteiger partial charge in [-0.3, -0.25) is 0 Å². The van der Waals surface area contributed by atoms with Gasteiger partial charge in [0.05, 0.1) is 49.9 Å². The van der Waals surface area contributed by atoms with E-state index in [2.05, 4.69) is 37.3 Å². The highest BCUT2D eigenvalue weighted by Crippen LogP contribution is 2.26. The molecule has 5 rings (SSSR count). The van der Waals surface area contributed by atoms with Crippen LogP contribution in [0.2, 0.25) is 0 Å². The molecule has 168 valence electrons. The molecule has 0 spiro atoms. The van der Waals surface area contributed by atoms with Crippen molar-refractivity contribution in [2.45, 2.75) is 37.8 Å². The standard InChI is InChI=1S/C23H28N6O3/c1-30-19-13-25-23(26-14-19)27-16-2-5-18(6-3-16)32-22-15-24-20-7-4-17(12-21(20)28-22)29-8-10-31-11-9-29/h4,7,12-16,18H,2-3,5-6,8-11H2,1H3,(H,25,26,27). The van der Waals surface area contributed by atoms with Crippen LogP contribution < -0.4 is 19.7 Å². The minimum Gasteiger partial charge on any atom is -0.494 e. The van der Waals surface area contributed by atoms with Crippen LogP contribution >= 0.6 is 0 Å². The van der Waals surface area contributed by atoms with Crippen molar-refractivity contribution >= 4 is 22.7 Å². The van der Waals surface area contributed by atoms with Crippen molar-refractivity contribution in [2.24, 2.45) is 0 Å². The minimum absolute atomic E-state index is 0.138. The lowest BCUT2D eigenvalue weighted by Gasteiger charge is -2.29. The minimum atomic E-state index is 0.138. The van der Waals surface area contributed by atoms with Gasteiger partial charge < -0.3 is 24.4 Å². The molecule has 9 heteroatoms. The molecule has 32 heavy (non-hydrogen) atoms. The van der Waals surface area contributed by atoms with E-state index in [9.17, 15) is 0 Å². The van der Waals surface area contributed by atoms with E-state index in [4.69, 9.17) is 19.2 Å². The normalized spacial score (nSPS) is 21.3. The van der Waals surface area contributed by atoms with Gasteiger partial charge in [-0.1, -0.05) is 0 Å². The number of fused-ring (bicyclic) bond motifs is 1. The summed E-state index contributed by atoms with van der Waals surface area (Å²) in [6.07, 6.45) is 9.08. The Morgan fingerprint density at radius 1 is 0.969 bits per heavy atom. The van der Waals surface area contributed by atoms with Crippen molar-refractivity contribution in [2.75, 3.05) is 43.6 Å². The van der Waals surface area contributed by atoms with E-state index in [-0.39, 0.29) is 6.10 Å². The van der Waals surface area contributed by atoms with Gasteiger partial charge >= 0.3 is 0 Å². The third-order valence-electron chi connectivity index (χ3n) is 6.04. The number of aromatic nitrogens is 4. The van der Waals surface area contributed by atoms with Gasteiger partial charge in [0.15, 0.2) is 5.75 Å². The topological polar surface area (TPSA) is 94.5 Å². The molecule has 3 aromatic rings. The number of hydrogen-bond donors (Lipinski definition) is 1. The SMILES string of the molecule is COc1cnc(NC2CCC(Oc3cnc4ccc(N5CCOCC5)cc4n3)CC2)nc1. The molecule has 1 aliphatic heterocycles. The van der Waals surface area contributed by atoms with E-state index in [0.717, 1.165) is 68.7 Å². The first-order valence-electron chi connectivity index (χ1n) is 11.2. The van der Waals surface area contributed by atoms with Gasteiger partial charge in [0.1, 0.15) is 6.10 Å². The van der Waals surface area contributed by atoms with Crippen molar-refractivity contribution < 1.29 is 14.2 Å². The fourth-order valence-electron chi connectivity index (χ4n) is 4.23. The van der Waals surface area contributed by atoms with Gasteiger partial charge in [0, 0.05) is 24.8 Å². The molecule has 1 aromatic carbocycles. The zero-order valence-corrected chi connectivity index (χ0v) is 18.2. The maximum Gasteiger partial charge on any atom is 0.233 e. The predicted octanol–water partition coefficient (Wildman–Crippen LogP) is 3.07. The number of methoxy groups -OCH3 is 1. The Kier molecular flexibility index (Phi) is 6.15. The van der Waals surface area contributed by atoms with Crippen LogP contribution in [0.4, 0.5) is 11.6 Å². The highest BCUT2D eigenvalue weighted by molar-refractivity contribution is 5.79. The van der Waals surface area contributed by atoms with E-state index in [0.29, 0.717) is 23.6 Å². The molecule has 0 amide bonds. The molecular weight excluding hydrogens is 408 g/mol. The molecule has 0 bridgehead atoms. The predicted molar refractivity (Wildman–Crippen MR) is 121 cm³/mol. The number of nitrogens with zero attached hydrogens (tertiary/aromatic N) is 5. The summed E-state index contributed by atoms with van der Waals surface area (Å²) in [5.41, 5.74) is 2.89. The monoisotopic (exact) mass is 436 g/mol. The van der Waals surface area contributed by atoms with Crippen LogP contribution in [-0.2, 0) is 4.74 Å². The highest BCUT2D eigenvalue weighted by Gasteiger charge is 2.23. The summed E-state index contributed by atoms with van der Waals surface area (Å²) in [5.74, 6) is 1.87. The average molecular weight is 437 g/mol. The summed E-state index contributed by atoms with van der Waals surface area (Å²) in [6.45, 7) is 3.31.